The van der Waals surface area contributed by atoms with E-state index in [0.29, 0.717) is 6.04 Å². The Morgan fingerprint density at radius 1 is 1.21 bits per heavy atom. The van der Waals surface area contributed by atoms with Gasteiger partial charge in [0.25, 0.3) is 0 Å². The van der Waals surface area contributed by atoms with E-state index in [-0.39, 0.29) is 0 Å². The van der Waals surface area contributed by atoms with Crippen molar-refractivity contribution >= 4 is 0 Å². The third-order valence-corrected chi connectivity index (χ3v) is 2.90. The summed E-state index contributed by atoms with van der Waals surface area (Å²) in [5, 5.41) is 0. The Morgan fingerprint density at radius 2 is 1.86 bits per heavy atom. The van der Waals surface area contributed by atoms with Crippen LogP contribution in [0.2, 0.25) is 0 Å². The smallest absolute Gasteiger partial charge is 0.0101 e. The van der Waals surface area contributed by atoms with E-state index in [1.807, 2.05) is 0 Å². The van der Waals surface area contributed by atoms with Crippen LogP contribution in [0.4, 0.5) is 0 Å². The summed E-state index contributed by atoms with van der Waals surface area (Å²) >= 11 is 0. The predicted molar refractivity (Wildman–Crippen MR) is 62.8 cm³/mol. The van der Waals surface area contributed by atoms with Crippen LogP contribution in [0.3, 0.4) is 0 Å². The highest BCUT2D eigenvalue weighted by Gasteiger charge is 2.07. The highest BCUT2D eigenvalue weighted by atomic mass is 15.1. The Hall–Kier alpha value is -0.820. The van der Waals surface area contributed by atoms with Gasteiger partial charge in [-0.1, -0.05) is 23.8 Å². The number of likely N-dealkylation sites (N-methyl/N-ethyl adjacent to an activating group) is 1. The summed E-state index contributed by atoms with van der Waals surface area (Å²) in [5.41, 5.74) is 4.24. The molecule has 0 aliphatic heterocycles. The summed E-state index contributed by atoms with van der Waals surface area (Å²) in [7, 11) is 4.27. The van der Waals surface area contributed by atoms with Gasteiger partial charge in [0.1, 0.15) is 0 Å². The van der Waals surface area contributed by atoms with Crippen LogP contribution in [0.15, 0.2) is 18.2 Å². The third kappa shape index (κ3) is 2.85. The molecule has 0 saturated carbocycles. The molecule has 1 rings (SSSR count). The van der Waals surface area contributed by atoms with Crippen molar-refractivity contribution in [2.24, 2.45) is 0 Å². The SMILES string of the molecule is Cc1ccc(C)c(CC(C)N(C)C)c1. The second-order valence-electron chi connectivity index (χ2n) is 4.45. The van der Waals surface area contributed by atoms with Crippen molar-refractivity contribution in [2.45, 2.75) is 33.2 Å². The maximum atomic E-state index is 2.30. The Morgan fingerprint density at radius 3 is 2.43 bits per heavy atom. The van der Waals surface area contributed by atoms with Gasteiger partial charge in [0.05, 0.1) is 0 Å². The Bertz CT molecular complexity index is 302. The fourth-order valence-corrected chi connectivity index (χ4v) is 1.52. The van der Waals surface area contributed by atoms with E-state index in [9.17, 15) is 0 Å². The molecule has 1 atom stereocenters. The minimum Gasteiger partial charge on any atom is -0.306 e. The average molecular weight is 191 g/mol. The molecule has 1 aromatic carbocycles. The fourth-order valence-electron chi connectivity index (χ4n) is 1.52. The molecule has 0 aromatic heterocycles. The molecule has 0 amide bonds. The molecule has 0 aliphatic carbocycles. The Kier molecular flexibility index (Phi) is 3.70. The first kappa shape index (κ1) is 11.3. The van der Waals surface area contributed by atoms with E-state index in [1.54, 1.807) is 0 Å². The van der Waals surface area contributed by atoms with Crippen LogP contribution in [-0.4, -0.2) is 25.0 Å². The normalized spacial score (nSPS) is 13.3. The molecule has 0 saturated heterocycles. The standard InChI is InChI=1S/C13H21N/c1-10-6-7-11(2)13(8-10)9-12(3)14(4)5/h6-8,12H,9H2,1-5H3. The molecule has 0 N–H and O–H groups in total. The molecule has 1 unspecified atom stereocenters. The quantitative estimate of drug-likeness (QED) is 0.710. The van der Waals surface area contributed by atoms with Crippen LogP contribution < -0.4 is 0 Å². The highest BCUT2D eigenvalue weighted by Crippen LogP contribution is 2.14. The molecular weight excluding hydrogens is 170 g/mol. The lowest BCUT2D eigenvalue weighted by Gasteiger charge is -2.20. The van der Waals surface area contributed by atoms with E-state index in [4.69, 9.17) is 0 Å². The summed E-state index contributed by atoms with van der Waals surface area (Å²) < 4.78 is 0. The molecule has 1 heteroatoms. The Balaban J connectivity index is 2.80. The molecule has 0 fully saturated rings. The number of hydrogen-bond acceptors (Lipinski definition) is 1. The van der Waals surface area contributed by atoms with E-state index < -0.39 is 0 Å². The van der Waals surface area contributed by atoms with Crippen LogP contribution >= 0.6 is 0 Å². The first-order valence-corrected chi connectivity index (χ1v) is 5.23. The zero-order valence-electron chi connectivity index (χ0n) is 9.96. The van der Waals surface area contributed by atoms with Crippen molar-refractivity contribution < 1.29 is 0 Å². The summed E-state index contributed by atoms with van der Waals surface area (Å²) in [6, 6.07) is 7.30. The van der Waals surface area contributed by atoms with Crippen molar-refractivity contribution in [1.82, 2.24) is 4.90 Å². The zero-order chi connectivity index (χ0) is 10.7. The van der Waals surface area contributed by atoms with E-state index in [1.165, 1.54) is 16.7 Å². The third-order valence-electron chi connectivity index (χ3n) is 2.90. The number of aryl methyl sites for hydroxylation is 2. The minimum absolute atomic E-state index is 0.607. The summed E-state index contributed by atoms with van der Waals surface area (Å²) in [4.78, 5) is 2.27. The van der Waals surface area contributed by atoms with Crippen LogP contribution in [0.25, 0.3) is 0 Å². The van der Waals surface area contributed by atoms with Crippen molar-refractivity contribution in [3.05, 3.63) is 34.9 Å². The molecule has 0 radical (unpaired) electrons. The number of nitrogens with zero attached hydrogens (tertiary/aromatic N) is 1. The molecule has 14 heavy (non-hydrogen) atoms. The number of hydrogen-bond donors (Lipinski definition) is 0. The van der Waals surface area contributed by atoms with Gasteiger partial charge in [-0.25, -0.2) is 0 Å². The summed E-state index contributed by atoms with van der Waals surface area (Å²) in [5.74, 6) is 0. The second-order valence-corrected chi connectivity index (χ2v) is 4.45. The fraction of sp³-hybridized carbons (Fsp3) is 0.538. The first-order valence-electron chi connectivity index (χ1n) is 5.23. The monoisotopic (exact) mass is 191 g/mol. The minimum atomic E-state index is 0.607. The largest absolute Gasteiger partial charge is 0.306 e. The molecule has 1 nitrogen and oxygen atoms in total. The van der Waals surface area contributed by atoms with Gasteiger partial charge < -0.3 is 4.90 Å². The average Bonchev–Trinajstić information content (AvgIpc) is 2.11. The van der Waals surface area contributed by atoms with E-state index >= 15 is 0 Å². The maximum Gasteiger partial charge on any atom is 0.0101 e. The van der Waals surface area contributed by atoms with Gasteiger partial charge in [0.2, 0.25) is 0 Å². The van der Waals surface area contributed by atoms with Crippen LogP contribution in [0.5, 0.6) is 0 Å². The van der Waals surface area contributed by atoms with Gasteiger partial charge in [-0.15, -0.1) is 0 Å². The Labute approximate surface area is 87.7 Å². The van der Waals surface area contributed by atoms with Crippen LogP contribution in [0.1, 0.15) is 23.6 Å². The van der Waals surface area contributed by atoms with Gasteiger partial charge in [-0.2, -0.15) is 0 Å². The van der Waals surface area contributed by atoms with Crippen LogP contribution in [-0.2, 0) is 6.42 Å². The van der Waals surface area contributed by atoms with Gasteiger partial charge >= 0.3 is 0 Å². The van der Waals surface area contributed by atoms with Gasteiger partial charge in [0, 0.05) is 6.04 Å². The van der Waals surface area contributed by atoms with Crippen molar-refractivity contribution in [1.29, 1.82) is 0 Å². The lowest BCUT2D eigenvalue weighted by molar-refractivity contribution is 0.312. The molecular formula is C13H21N. The first-order chi connectivity index (χ1) is 6.50. The van der Waals surface area contributed by atoms with Crippen molar-refractivity contribution in [2.75, 3.05) is 14.1 Å². The zero-order valence-corrected chi connectivity index (χ0v) is 9.96. The predicted octanol–water partition coefficient (Wildman–Crippen LogP) is 2.80. The van der Waals surface area contributed by atoms with Gasteiger partial charge in [0.15, 0.2) is 0 Å². The topological polar surface area (TPSA) is 3.24 Å². The molecule has 0 spiro atoms. The van der Waals surface area contributed by atoms with Crippen molar-refractivity contribution in [3.63, 3.8) is 0 Å². The number of benzene rings is 1. The summed E-state index contributed by atoms with van der Waals surface area (Å²) in [6.07, 6.45) is 1.14. The molecule has 1 aromatic rings. The molecule has 0 bridgehead atoms. The molecule has 0 aliphatic rings. The highest BCUT2D eigenvalue weighted by molar-refractivity contribution is 5.31. The van der Waals surface area contributed by atoms with Gasteiger partial charge in [-0.3, -0.25) is 0 Å². The van der Waals surface area contributed by atoms with Gasteiger partial charge in [-0.05, 0) is 52.4 Å². The lowest BCUT2D eigenvalue weighted by atomic mass is 9.99. The molecule has 78 valence electrons. The summed E-state index contributed by atoms with van der Waals surface area (Å²) in [6.45, 7) is 6.61. The van der Waals surface area contributed by atoms with Crippen LogP contribution in [0, 0.1) is 13.8 Å². The lowest BCUT2D eigenvalue weighted by Crippen LogP contribution is -2.26. The molecule has 0 heterocycles. The van der Waals surface area contributed by atoms with E-state index in [0.717, 1.165) is 6.42 Å². The van der Waals surface area contributed by atoms with E-state index in [2.05, 4.69) is 58.0 Å². The second kappa shape index (κ2) is 4.61. The number of rotatable bonds is 3. The maximum absolute atomic E-state index is 2.30. The van der Waals surface area contributed by atoms with Crippen molar-refractivity contribution in [3.8, 4) is 0 Å².